The maximum atomic E-state index is 4.62. The summed E-state index contributed by atoms with van der Waals surface area (Å²) in [6, 6.07) is 6.06. The van der Waals surface area contributed by atoms with Gasteiger partial charge in [0.05, 0.1) is 11.8 Å². The highest BCUT2D eigenvalue weighted by atomic mass is 15.1. The van der Waals surface area contributed by atoms with Crippen molar-refractivity contribution < 1.29 is 0 Å². The van der Waals surface area contributed by atoms with Crippen LogP contribution in [0.2, 0.25) is 0 Å². The Morgan fingerprint density at radius 2 is 2.05 bits per heavy atom. The molecule has 0 saturated heterocycles. The van der Waals surface area contributed by atoms with Crippen molar-refractivity contribution in [2.24, 2.45) is 7.05 Å². The molecule has 6 heteroatoms. The largest absolute Gasteiger partial charge is 0.371 e. The summed E-state index contributed by atoms with van der Waals surface area (Å²) >= 11 is 0. The maximum absolute atomic E-state index is 4.62. The van der Waals surface area contributed by atoms with Gasteiger partial charge >= 0.3 is 0 Å². The third-order valence-electron chi connectivity index (χ3n) is 3.67. The summed E-state index contributed by atoms with van der Waals surface area (Å²) in [6.07, 6.45) is 5.38. The SMILES string of the molecule is CNc1nc2[nH]c(-c3ccncc3)cc2c2c1ncn2C. The van der Waals surface area contributed by atoms with Gasteiger partial charge in [-0.25, -0.2) is 9.97 Å². The van der Waals surface area contributed by atoms with Crippen molar-refractivity contribution in [1.29, 1.82) is 0 Å². The summed E-state index contributed by atoms with van der Waals surface area (Å²) in [5.41, 5.74) is 4.91. The molecule has 0 spiro atoms. The van der Waals surface area contributed by atoms with Gasteiger partial charge in [-0.1, -0.05) is 0 Å². The molecule has 4 aromatic heterocycles. The van der Waals surface area contributed by atoms with Crippen LogP contribution in [0, 0.1) is 0 Å². The van der Waals surface area contributed by atoms with E-state index < -0.39 is 0 Å². The zero-order valence-electron chi connectivity index (χ0n) is 11.8. The molecule has 4 rings (SSSR count). The van der Waals surface area contributed by atoms with Crippen molar-refractivity contribution in [3.63, 3.8) is 0 Å². The Balaban J connectivity index is 2.07. The van der Waals surface area contributed by atoms with Crippen LogP contribution in [0.4, 0.5) is 5.82 Å². The minimum absolute atomic E-state index is 0.779. The molecule has 6 nitrogen and oxygen atoms in total. The number of aromatic amines is 1. The van der Waals surface area contributed by atoms with Crippen LogP contribution < -0.4 is 5.32 Å². The van der Waals surface area contributed by atoms with E-state index in [1.54, 1.807) is 12.4 Å². The fourth-order valence-electron chi connectivity index (χ4n) is 2.66. The highest BCUT2D eigenvalue weighted by Crippen LogP contribution is 2.31. The molecule has 104 valence electrons. The molecule has 0 atom stereocenters. The molecule has 0 aliphatic rings. The third kappa shape index (κ3) is 1.69. The lowest BCUT2D eigenvalue weighted by atomic mass is 10.2. The van der Waals surface area contributed by atoms with Gasteiger partial charge in [-0.15, -0.1) is 0 Å². The van der Waals surface area contributed by atoms with Crippen molar-refractivity contribution in [2.45, 2.75) is 0 Å². The number of H-pyrrole nitrogens is 1. The van der Waals surface area contributed by atoms with Crippen molar-refractivity contribution >= 4 is 27.9 Å². The van der Waals surface area contributed by atoms with Gasteiger partial charge in [0.2, 0.25) is 0 Å². The topological polar surface area (TPSA) is 71.4 Å². The van der Waals surface area contributed by atoms with Crippen LogP contribution in [-0.2, 0) is 7.05 Å². The Bertz CT molecular complexity index is 935. The number of aromatic nitrogens is 5. The van der Waals surface area contributed by atoms with Gasteiger partial charge in [-0.05, 0) is 18.2 Å². The van der Waals surface area contributed by atoms with Crippen molar-refractivity contribution in [2.75, 3.05) is 12.4 Å². The first-order valence-electron chi connectivity index (χ1n) is 6.70. The molecule has 0 bridgehead atoms. The van der Waals surface area contributed by atoms with Crippen molar-refractivity contribution in [3.05, 3.63) is 36.9 Å². The molecule has 21 heavy (non-hydrogen) atoms. The number of hydrogen-bond donors (Lipinski definition) is 2. The second kappa shape index (κ2) is 4.31. The van der Waals surface area contributed by atoms with Crippen LogP contribution in [0.15, 0.2) is 36.9 Å². The van der Waals surface area contributed by atoms with E-state index in [1.807, 2.05) is 37.1 Å². The van der Waals surface area contributed by atoms with Crippen LogP contribution in [-0.4, -0.2) is 31.6 Å². The lowest BCUT2D eigenvalue weighted by Gasteiger charge is -2.02. The first kappa shape index (κ1) is 11.9. The first-order chi connectivity index (χ1) is 10.3. The van der Waals surface area contributed by atoms with E-state index in [9.17, 15) is 0 Å². The van der Waals surface area contributed by atoms with Gasteiger partial charge in [-0.3, -0.25) is 4.98 Å². The standard InChI is InChI=1S/C15H14N6/c1-16-15-12-13(21(2)8-18-12)10-7-11(19-14(10)20-15)9-3-5-17-6-4-9/h3-8H,1-2H3,(H2,16,19,20). The fraction of sp³-hybridized carbons (Fsp3) is 0.133. The molecule has 0 radical (unpaired) electrons. The molecule has 0 aliphatic heterocycles. The predicted molar refractivity (Wildman–Crippen MR) is 83.1 cm³/mol. The third-order valence-corrected chi connectivity index (χ3v) is 3.67. The van der Waals surface area contributed by atoms with Crippen LogP contribution in [0.25, 0.3) is 33.3 Å². The summed E-state index contributed by atoms with van der Waals surface area (Å²) in [7, 11) is 3.85. The van der Waals surface area contributed by atoms with E-state index in [0.29, 0.717) is 0 Å². The summed E-state index contributed by atoms with van der Waals surface area (Å²) < 4.78 is 2.02. The number of nitrogens with one attached hydrogen (secondary N) is 2. The normalized spacial score (nSPS) is 11.3. The molecule has 0 unspecified atom stereocenters. The Kier molecular flexibility index (Phi) is 2.44. The Morgan fingerprint density at radius 1 is 1.24 bits per heavy atom. The first-order valence-corrected chi connectivity index (χ1v) is 6.70. The number of imidazole rings is 1. The number of hydrogen-bond acceptors (Lipinski definition) is 4. The number of pyridine rings is 2. The zero-order valence-corrected chi connectivity index (χ0v) is 11.8. The molecule has 4 aromatic rings. The average Bonchev–Trinajstić information content (AvgIpc) is 3.11. The molecule has 0 aliphatic carbocycles. The molecule has 0 fully saturated rings. The average molecular weight is 278 g/mol. The van der Waals surface area contributed by atoms with Gasteiger partial charge in [0.25, 0.3) is 0 Å². The molecule has 2 N–H and O–H groups in total. The van der Waals surface area contributed by atoms with E-state index in [1.165, 1.54) is 0 Å². The smallest absolute Gasteiger partial charge is 0.156 e. The molecule has 0 saturated carbocycles. The minimum Gasteiger partial charge on any atom is -0.371 e. The second-order valence-corrected chi connectivity index (χ2v) is 4.94. The number of aryl methyl sites for hydroxylation is 1. The lowest BCUT2D eigenvalue weighted by molar-refractivity contribution is 0.951. The predicted octanol–water partition coefficient (Wildman–Crippen LogP) is 2.55. The van der Waals surface area contributed by atoms with Crippen LogP contribution in [0.5, 0.6) is 0 Å². The molecule has 0 aromatic carbocycles. The van der Waals surface area contributed by atoms with E-state index >= 15 is 0 Å². The Morgan fingerprint density at radius 3 is 2.81 bits per heavy atom. The van der Waals surface area contributed by atoms with Crippen LogP contribution >= 0.6 is 0 Å². The zero-order chi connectivity index (χ0) is 14.4. The number of nitrogens with zero attached hydrogens (tertiary/aromatic N) is 4. The highest BCUT2D eigenvalue weighted by molar-refractivity contribution is 6.07. The highest BCUT2D eigenvalue weighted by Gasteiger charge is 2.14. The monoisotopic (exact) mass is 278 g/mol. The Hall–Kier alpha value is -2.89. The summed E-state index contributed by atoms with van der Waals surface area (Å²) in [5.74, 6) is 0.779. The van der Waals surface area contributed by atoms with E-state index in [2.05, 4.69) is 31.3 Å². The summed E-state index contributed by atoms with van der Waals surface area (Å²) in [4.78, 5) is 16.5. The summed E-state index contributed by atoms with van der Waals surface area (Å²) in [5, 5.41) is 4.17. The molecular formula is C15H14N6. The van der Waals surface area contributed by atoms with E-state index in [4.69, 9.17) is 0 Å². The van der Waals surface area contributed by atoms with Crippen LogP contribution in [0.1, 0.15) is 0 Å². The Labute approximate surface area is 120 Å². The number of fused-ring (bicyclic) bond motifs is 3. The number of rotatable bonds is 2. The van der Waals surface area contributed by atoms with Crippen molar-refractivity contribution in [3.8, 4) is 11.3 Å². The second-order valence-electron chi connectivity index (χ2n) is 4.94. The van der Waals surface area contributed by atoms with Gasteiger partial charge in [0.15, 0.2) is 5.82 Å². The summed E-state index contributed by atoms with van der Waals surface area (Å²) in [6.45, 7) is 0. The van der Waals surface area contributed by atoms with Gasteiger partial charge in [-0.2, -0.15) is 0 Å². The van der Waals surface area contributed by atoms with Gasteiger partial charge < -0.3 is 14.9 Å². The van der Waals surface area contributed by atoms with Crippen LogP contribution in [0.3, 0.4) is 0 Å². The van der Waals surface area contributed by atoms with Gasteiger partial charge in [0, 0.05) is 43.1 Å². The van der Waals surface area contributed by atoms with E-state index in [0.717, 1.165) is 39.1 Å². The molecule has 4 heterocycles. The van der Waals surface area contributed by atoms with E-state index in [-0.39, 0.29) is 0 Å². The molecular weight excluding hydrogens is 264 g/mol. The fourth-order valence-corrected chi connectivity index (χ4v) is 2.66. The quantitative estimate of drug-likeness (QED) is 0.591. The lowest BCUT2D eigenvalue weighted by Crippen LogP contribution is -1.95. The maximum Gasteiger partial charge on any atom is 0.156 e. The minimum atomic E-state index is 0.779. The molecule has 0 amide bonds. The number of anilines is 1. The van der Waals surface area contributed by atoms with Crippen molar-refractivity contribution in [1.82, 2.24) is 24.5 Å². The van der Waals surface area contributed by atoms with Gasteiger partial charge in [0.1, 0.15) is 11.2 Å².